The molecule has 0 saturated carbocycles. The van der Waals surface area contributed by atoms with Crippen LogP contribution in [0.4, 0.5) is 0 Å². The highest BCUT2D eigenvalue weighted by Crippen LogP contribution is 2.40. The van der Waals surface area contributed by atoms with E-state index in [1.165, 1.54) is 0 Å². The number of nitrogens with one attached hydrogen (secondary N) is 5. The molecule has 12 nitrogen and oxygen atoms in total. The zero-order valence-electron chi connectivity index (χ0n) is 31.4. The third-order valence-corrected chi connectivity index (χ3v) is 11.1. The minimum absolute atomic E-state index is 0.0578. The van der Waals surface area contributed by atoms with Gasteiger partial charge in [0.1, 0.15) is 18.1 Å². The van der Waals surface area contributed by atoms with E-state index in [2.05, 4.69) is 44.9 Å². The van der Waals surface area contributed by atoms with Crippen LogP contribution in [-0.4, -0.2) is 96.2 Å². The number of likely N-dealkylation sites (tertiary alicyclic amines) is 2. The molecule has 290 valence electrons. The molecule has 2 aliphatic rings. The predicted octanol–water partition coefficient (Wildman–Crippen LogP) is 2.74. The minimum atomic E-state index is -0.952. The Morgan fingerprint density at radius 2 is 1.21 bits per heavy atom. The van der Waals surface area contributed by atoms with Gasteiger partial charge in [-0.1, -0.05) is 93.3 Å². The van der Waals surface area contributed by atoms with Gasteiger partial charge in [0.15, 0.2) is 0 Å². The van der Waals surface area contributed by atoms with Gasteiger partial charge in [-0.15, -0.1) is 0 Å². The lowest BCUT2D eigenvalue weighted by molar-refractivity contribution is -0.149. The highest BCUT2D eigenvalue weighted by molar-refractivity contribution is 7.13. The molecule has 2 aromatic carbocycles. The molecule has 6 atom stereocenters. The van der Waals surface area contributed by atoms with Crippen LogP contribution >= 0.6 is 18.8 Å². The van der Waals surface area contributed by atoms with Gasteiger partial charge in [0.2, 0.25) is 29.5 Å². The summed E-state index contributed by atoms with van der Waals surface area (Å²) in [5, 5.41) is 15.0. The molecular formula is C39H59N7O5P2. The van der Waals surface area contributed by atoms with Crippen molar-refractivity contribution in [3.63, 3.8) is 0 Å². The summed E-state index contributed by atoms with van der Waals surface area (Å²) >= 11 is 0. The molecule has 2 unspecified atom stereocenters. The van der Waals surface area contributed by atoms with E-state index >= 15 is 0 Å². The van der Waals surface area contributed by atoms with Crippen molar-refractivity contribution < 1.29 is 24.0 Å². The van der Waals surface area contributed by atoms with Crippen LogP contribution in [0.15, 0.2) is 60.7 Å². The maximum absolute atomic E-state index is 14.1. The van der Waals surface area contributed by atoms with E-state index in [1.54, 1.807) is 6.92 Å². The Morgan fingerprint density at radius 1 is 0.698 bits per heavy atom. The summed E-state index contributed by atoms with van der Waals surface area (Å²) in [6, 6.07) is 15.9. The topological polar surface area (TPSA) is 152 Å². The zero-order chi connectivity index (χ0) is 38.4. The van der Waals surface area contributed by atoms with Crippen LogP contribution in [0, 0.1) is 11.3 Å². The van der Waals surface area contributed by atoms with Crippen LogP contribution in [0.1, 0.15) is 70.4 Å². The van der Waals surface area contributed by atoms with Crippen molar-refractivity contribution in [3.05, 3.63) is 71.8 Å². The average Bonchev–Trinajstić information content (AvgIpc) is 3.13. The van der Waals surface area contributed by atoms with Gasteiger partial charge < -0.3 is 30.8 Å². The monoisotopic (exact) mass is 767 g/mol. The van der Waals surface area contributed by atoms with E-state index in [0.717, 1.165) is 56.4 Å². The van der Waals surface area contributed by atoms with E-state index < -0.39 is 36.0 Å². The van der Waals surface area contributed by atoms with Gasteiger partial charge in [-0.2, -0.15) is 0 Å². The van der Waals surface area contributed by atoms with Crippen molar-refractivity contribution in [2.24, 2.45) is 11.3 Å². The van der Waals surface area contributed by atoms with Gasteiger partial charge in [-0.05, 0) is 68.5 Å². The lowest BCUT2D eigenvalue weighted by Crippen LogP contribution is -2.63. The Hall–Kier alpha value is -3.43. The number of benzene rings is 2. The van der Waals surface area contributed by atoms with Crippen LogP contribution in [0.25, 0.3) is 0 Å². The second kappa shape index (κ2) is 20.9. The summed E-state index contributed by atoms with van der Waals surface area (Å²) in [4.78, 5) is 71.2. The summed E-state index contributed by atoms with van der Waals surface area (Å²) in [5.74, 6) is -1.21. The van der Waals surface area contributed by atoms with Crippen LogP contribution < -0.4 is 26.1 Å². The van der Waals surface area contributed by atoms with Gasteiger partial charge in [0.05, 0.1) is 6.04 Å². The molecule has 0 radical (unpaired) electrons. The number of rotatable bonds is 19. The van der Waals surface area contributed by atoms with Crippen LogP contribution in [0.2, 0.25) is 0 Å². The number of unbranched alkanes of at least 4 members (excludes halogenated alkanes) is 1. The summed E-state index contributed by atoms with van der Waals surface area (Å²) in [5.41, 5.74) is 1.90. The van der Waals surface area contributed by atoms with E-state index in [1.807, 2.05) is 84.3 Å². The number of hydrogen-bond acceptors (Lipinski definition) is 7. The second-order valence-electron chi connectivity index (χ2n) is 15.1. The lowest BCUT2D eigenvalue weighted by atomic mass is 9.72. The maximum Gasteiger partial charge on any atom is 0.245 e. The molecule has 2 aromatic rings. The predicted molar refractivity (Wildman–Crippen MR) is 214 cm³/mol. The first-order valence-electron chi connectivity index (χ1n) is 18.9. The highest BCUT2D eigenvalue weighted by atomic mass is 31.0. The van der Waals surface area contributed by atoms with Crippen LogP contribution in [0.3, 0.4) is 0 Å². The largest absolute Gasteiger partial charge is 0.343 e. The number of carbonyl (C=O) groups excluding carboxylic acids is 5. The van der Waals surface area contributed by atoms with Crippen molar-refractivity contribution in [2.75, 3.05) is 32.7 Å². The Bertz CT molecular complexity index is 1500. The first-order chi connectivity index (χ1) is 25.4. The molecule has 2 aliphatic heterocycles. The van der Waals surface area contributed by atoms with Crippen molar-refractivity contribution in [2.45, 2.75) is 96.3 Å². The Morgan fingerprint density at radius 3 is 1.74 bits per heavy atom. The molecule has 53 heavy (non-hydrogen) atoms. The molecule has 0 bridgehead atoms. The first kappa shape index (κ1) is 42.3. The van der Waals surface area contributed by atoms with Crippen molar-refractivity contribution in [3.8, 4) is 0 Å². The fourth-order valence-electron chi connectivity index (χ4n) is 7.21. The van der Waals surface area contributed by atoms with E-state index in [0.29, 0.717) is 32.4 Å². The molecule has 4 rings (SSSR count). The summed E-state index contributed by atoms with van der Waals surface area (Å²) < 4.78 is 0. The number of nitrogens with zero attached hydrogens (tertiary/aromatic N) is 2. The van der Waals surface area contributed by atoms with Crippen molar-refractivity contribution in [1.29, 1.82) is 0 Å². The third kappa shape index (κ3) is 12.8. The van der Waals surface area contributed by atoms with Gasteiger partial charge in [0, 0.05) is 44.9 Å². The Kier molecular flexibility index (Phi) is 16.7. The number of amides is 5. The van der Waals surface area contributed by atoms with Crippen LogP contribution in [-0.2, 0) is 36.8 Å². The molecule has 0 aromatic heterocycles. The number of carbonyl (C=O) groups is 5. The summed E-state index contributed by atoms with van der Waals surface area (Å²) in [7, 11) is 4.88. The molecule has 5 N–H and O–H groups in total. The summed E-state index contributed by atoms with van der Waals surface area (Å²) in [6.07, 6.45) is 4.67. The molecule has 5 amide bonds. The van der Waals surface area contributed by atoms with Gasteiger partial charge >= 0.3 is 0 Å². The normalized spacial score (nSPS) is 17.3. The smallest absolute Gasteiger partial charge is 0.245 e. The maximum atomic E-state index is 14.1. The fraction of sp³-hybridized carbons (Fsp3) is 0.564. The highest BCUT2D eigenvalue weighted by Gasteiger charge is 2.47. The number of hydrogen-bond donors (Lipinski definition) is 5. The lowest BCUT2D eigenvalue weighted by Gasteiger charge is -2.54. The van der Waals surface area contributed by atoms with Crippen molar-refractivity contribution >= 4 is 48.3 Å². The fourth-order valence-corrected chi connectivity index (χ4v) is 7.69. The van der Waals surface area contributed by atoms with Gasteiger partial charge in [-0.25, -0.2) is 0 Å². The van der Waals surface area contributed by atoms with Gasteiger partial charge in [0.25, 0.3) is 0 Å². The molecule has 1 spiro atoms. The molecule has 0 aliphatic carbocycles. The molecule has 14 heteroatoms. The van der Waals surface area contributed by atoms with E-state index in [9.17, 15) is 24.0 Å². The molecular weight excluding hydrogens is 708 g/mol. The average molecular weight is 768 g/mol. The Balaban J connectivity index is 1.47. The molecule has 2 heterocycles. The Labute approximate surface area is 319 Å². The number of piperidine rings is 1. The standard InChI is InChI=1S/C39H59N7O5P2/c1-27(2)22-32(35(48)41-31(16-10-11-19-40-52)38(51)45-20-17-39(18-21-45)25-46(26-39)28(3)47)42-36(49)33(23-29-12-6-4-7-13-29)43-37(50)34(44-53)24-30-14-8-5-9-15-30/h4-9,12-15,27,31-34,40,44H,10-11,16-26,52-53H2,1-3H3,(H,41,48)(H,42,49)(H,43,50)/t31-,32-,33-,34-/m1/s1. The van der Waals surface area contributed by atoms with Crippen molar-refractivity contribution in [1.82, 2.24) is 35.9 Å². The summed E-state index contributed by atoms with van der Waals surface area (Å²) in [6.45, 7) is 8.92. The first-order valence-corrected chi connectivity index (χ1v) is 20.0. The third-order valence-electron chi connectivity index (χ3n) is 10.4. The SMILES string of the molecule is CC(=O)N1CC2(CCN(C(=O)[C@@H](CCCCNP)NC(=O)[C@@H](CC(C)C)NC(=O)[C@@H](Cc3ccccc3)NC(=O)[C@@H](Cc3ccccc3)NP)CC2)C1. The second-order valence-corrected chi connectivity index (χ2v) is 15.8. The van der Waals surface area contributed by atoms with Gasteiger partial charge in [-0.3, -0.25) is 29.1 Å². The van der Waals surface area contributed by atoms with E-state index in [-0.39, 0.29) is 35.5 Å². The minimum Gasteiger partial charge on any atom is -0.343 e. The molecule has 2 fully saturated rings. The van der Waals surface area contributed by atoms with E-state index in [4.69, 9.17) is 0 Å². The van der Waals surface area contributed by atoms with Crippen LogP contribution in [0.5, 0.6) is 0 Å². The quantitative estimate of drug-likeness (QED) is 0.109. The zero-order valence-corrected chi connectivity index (χ0v) is 33.8. The molecule has 2 saturated heterocycles.